The number of para-hydroxylation sites is 2. The van der Waals surface area contributed by atoms with E-state index in [2.05, 4.69) is 5.10 Å². The second-order valence-corrected chi connectivity index (χ2v) is 7.16. The summed E-state index contributed by atoms with van der Waals surface area (Å²) in [4.78, 5) is 17.4. The van der Waals surface area contributed by atoms with E-state index in [9.17, 15) is 4.79 Å². The van der Waals surface area contributed by atoms with Crippen molar-refractivity contribution in [3.63, 3.8) is 0 Å². The Hall–Kier alpha value is -4.19. The molecule has 0 aliphatic rings. The third-order valence-electron chi connectivity index (χ3n) is 5.14. The lowest BCUT2D eigenvalue weighted by Crippen LogP contribution is -2.24. The Kier molecular flexibility index (Phi) is 4.80. The zero-order valence-electron chi connectivity index (χ0n) is 17.0. The van der Waals surface area contributed by atoms with E-state index in [4.69, 9.17) is 9.72 Å². The van der Waals surface area contributed by atoms with Gasteiger partial charge in [-0.05, 0) is 35.9 Å². The molecule has 5 rings (SSSR count). The van der Waals surface area contributed by atoms with Crippen LogP contribution in [0.2, 0.25) is 0 Å². The number of benzene rings is 3. The van der Waals surface area contributed by atoms with Crippen molar-refractivity contribution < 1.29 is 4.74 Å². The standard InChI is InChI=1S/C25H20N4O2/c1-31-20-11-7-8-18(16-20)17-28-24(30)15-14-23(27-28)29-22-13-6-5-12-21(22)26-25(29)19-9-3-2-4-10-19/h2-16H,17H2,1H3. The quantitative estimate of drug-likeness (QED) is 0.435. The molecule has 0 amide bonds. The first-order chi connectivity index (χ1) is 15.2. The molecule has 0 aliphatic carbocycles. The lowest BCUT2D eigenvalue weighted by Gasteiger charge is -2.12. The molecular weight excluding hydrogens is 388 g/mol. The van der Waals surface area contributed by atoms with E-state index >= 15 is 0 Å². The summed E-state index contributed by atoms with van der Waals surface area (Å²) in [5.41, 5.74) is 3.54. The molecule has 0 N–H and O–H groups in total. The maximum absolute atomic E-state index is 12.6. The van der Waals surface area contributed by atoms with Crippen molar-refractivity contribution in [3.8, 4) is 23.0 Å². The van der Waals surface area contributed by atoms with Gasteiger partial charge in [-0.2, -0.15) is 5.10 Å². The Morgan fingerprint density at radius 1 is 0.871 bits per heavy atom. The number of rotatable bonds is 5. The van der Waals surface area contributed by atoms with Crippen LogP contribution in [-0.4, -0.2) is 26.4 Å². The molecule has 31 heavy (non-hydrogen) atoms. The number of ether oxygens (including phenoxy) is 1. The monoisotopic (exact) mass is 408 g/mol. The predicted molar refractivity (Wildman–Crippen MR) is 121 cm³/mol. The lowest BCUT2D eigenvalue weighted by molar-refractivity contribution is 0.414. The summed E-state index contributed by atoms with van der Waals surface area (Å²) < 4.78 is 8.76. The van der Waals surface area contributed by atoms with Crippen molar-refractivity contribution in [1.29, 1.82) is 0 Å². The average molecular weight is 408 g/mol. The van der Waals surface area contributed by atoms with Crippen molar-refractivity contribution >= 4 is 11.0 Å². The zero-order valence-corrected chi connectivity index (χ0v) is 17.0. The van der Waals surface area contributed by atoms with Crippen molar-refractivity contribution in [2.75, 3.05) is 7.11 Å². The van der Waals surface area contributed by atoms with Crippen LogP contribution in [0.5, 0.6) is 5.75 Å². The molecule has 3 aromatic carbocycles. The van der Waals surface area contributed by atoms with Gasteiger partial charge in [0.25, 0.3) is 5.56 Å². The fourth-order valence-electron chi connectivity index (χ4n) is 3.65. The molecular formula is C25H20N4O2. The van der Waals surface area contributed by atoms with Gasteiger partial charge in [-0.15, -0.1) is 0 Å². The van der Waals surface area contributed by atoms with Gasteiger partial charge in [0, 0.05) is 11.6 Å². The molecule has 0 saturated heterocycles. The third-order valence-corrected chi connectivity index (χ3v) is 5.14. The minimum Gasteiger partial charge on any atom is -0.497 e. The Morgan fingerprint density at radius 2 is 1.68 bits per heavy atom. The highest BCUT2D eigenvalue weighted by molar-refractivity contribution is 5.82. The van der Waals surface area contributed by atoms with Gasteiger partial charge in [0.15, 0.2) is 5.82 Å². The third kappa shape index (κ3) is 3.59. The largest absolute Gasteiger partial charge is 0.497 e. The van der Waals surface area contributed by atoms with E-state index in [0.29, 0.717) is 12.4 Å². The molecule has 0 fully saturated rings. The van der Waals surface area contributed by atoms with Gasteiger partial charge in [0.1, 0.15) is 11.6 Å². The highest BCUT2D eigenvalue weighted by atomic mass is 16.5. The maximum Gasteiger partial charge on any atom is 0.267 e. The Bertz CT molecular complexity index is 1420. The van der Waals surface area contributed by atoms with Gasteiger partial charge in [-0.3, -0.25) is 9.36 Å². The predicted octanol–water partition coefficient (Wildman–Crippen LogP) is 4.31. The molecule has 0 atom stereocenters. The van der Waals surface area contributed by atoms with Crippen LogP contribution in [0.3, 0.4) is 0 Å². The molecule has 0 saturated carbocycles. The molecule has 152 valence electrons. The summed E-state index contributed by atoms with van der Waals surface area (Å²) in [6.07, 6.45) is 0. The first-order valence-electron chi connectivity index (χ1n) is 9.97. The Morgan fingerprint density at radius 3 is 2.52 bits per heavy atom. The van der Waals surface area contributed by atoms with Gasteiger partial charge in [-0.25, -0.2) is 9.67 Å². The van der Waals surface area contributed by atoms with Crippen molar-refractivity contribution in [2.45, 2.75) is 6.54 Å². The van der Waals surface area contributed by atoms with Crippen LogP contribution in [0.1, 0.15) is 5.56 Å². The number of aromatic nitrogens is 4. The fraction of sp³-hybridized carbons (Fsp3) is 0.0800. The number of hydrogen-bond donors (Lipinski definition) is 0. The molecule has 6 heteroatoms. The van der Waals surface area contributed by atoms with Gasteiger partial charge in [-0.1, -0.05) is 54.6 Å². The molecule has 2 aromatic heterocycles. The van der Waals surface area contributed by atoms with Crippen LogP contribution in [-0.2, 0) is 6.54 Å². The number of nitrogens with zero attached hydrogens (tertiary/aromatic N) is 4. The summed E-state index contributed by atoms with van der Waals surface area (Å²) >= 11 is 0. The van der Waals surface area contributed by atoms with Crippen LogP contribution in [0, 0.1) is 0 Å². The fourth-order valence-corrected chi connectivity index (χ4v) is 3.65. The molecule has 2 heterocycles. The second kappa shape index (κ2) is 7.91. The van der Waals surface area contributed by atoms with Gasteiger partial charge in [0.2, 0.25) is 0 Å². The summed E-state index contributed by atoms with van der Waals surface area (Å²) in [6, 6.07) is 28.8. The maximum atomic E-state index is 12.6. The highest BCUT2D eigenvalue weighted by Crippen LogP contribution is 2.27. The van der Waals surface area contributed by atoms with Crippen molar-refractivity contribution in [2.24, 2.45) is 0 Å². The van der Waals surface area contributed by atoms with Crippen LogP contribution in [0.4, 0.5) is 0 Å². The molecule has 5 aromatic rings. The number of hydrogen-bond acceptors (Lipinski definition) is 4. The SMILES string of the molecule is COc1cccc(Cn2nc(-n3c(-c4ccccc4)nc4ccccc43)ccc2=O)c1. The van der Waals surface area contributed by atoms with Crippen LogP contribution < -0.4 is 10.3 Å². The molecule has 0 aliphatic heterocycles. The van der Waals surface area contributed by atoms with E-state index in [1.807, 2.05) is 83.4 Å². The first kappa shape index (κ1) is 18.8. The molecule has 0 bridgehead atoms. The Labute approximate surface area is 179 Å². The molecule has 0 unspecified atom stereocenters. The highest BCUT2D eigenvalue weighted by Gasteiger charge is 2.16. The molecule has 0 radical (unpaired) electrons. The van der Waals surface area contributed by atoms with Crippen LogP contribution in [0.15, 0.2) is 95.8 Å². The van der Waals surface area contributed by atoms with Gasteiger partial charge in [0.05, 0.1) is 24.7 Å². The number of methoxy groups -OCH3 is 1. The van der Waals surface area contributed by atoms with Crippen molar-refractivity contribution in [3.05, 3.63) is 107 Å². The topological polar surface area (TPSA) is 61.9 Å². The van der Waals surface area contributed by atoms with E-state index in [1.165, 1.54) is 4.68 Å². The average Bonchev–Trinajstić information content (AvgIpc) is 3.21. The van der Waals surface area contributed by atoms with Crippen LogP contribution in [0.25, 0.3) is 28.2 Å². The second-order valence-electron chi connectivity index (χ2n) is 7.16. The smallest absolute Gasteiger partial charge is 0.267 e. The minimum absolute atomic E-state index is 0.169. The minimum atomic E-state index is -0.169. The van der Waals surface area contributed by atoms with E-state index in [0.717, 1.165) is 33.7 Å². The normalized spacial score (nSPS) is 11.0. The Balaban J connectivity index is 1.66. The lowest BCUT2D eigenvalue weighted by atomic mass is 10.2. The zero-order chi connectivity index (χ0) is 21.2. The van der Waals surface area contributed by atoms with E-state index < -0.39 is 0 Å². The first-order valence-corrected chi connectivity index (χ1v) is 9.97. The van der Waals surface area contributed by atoms with Gasteiger partial charge >= 0.3 is 0 Å². The van der Waals surface area contributed by atoms with Crippen molar-refractivity contribution in [1.82, 2.24) is 19.3 Å². The van der Waals surface area contributed by atoms with Gasteiger partial charge < -0.3 is 4.74 Å². The number of imidazole rings is 1. The summed E-state index contributed by atoms with van der Waals surface area (Å²) in [6.45, 7) is 0.344. The summed E-state index contributed by atoms with van der Waals surface area (Å²) in [5, 5.41) is 4.69. The summed E-state index contributed by atoms with van der Waals surface area (Å²) in [7, 11) is 1.62. The molecule has 6 nitrogen and oxygen atoms in total. The molecule has 0 spiro atoms. The summed E-state index contributed by atoms with van der Waals surface area (Å²) in [5.74, 6) is 2.16. The van der Waals surface area contributed by atoms with E-state index in [1.54, 1.807) is 19.2 Å². The van der Waals surface area contributed by atoms with E-state index in [-0.39, 0.29) is 5.56 Å². The number of fused-ring (bicyclic) bond motifs is 1. The van der Waals surface area contributed by atoms with Crippen LogP contribution >= 0.6 is 0 Å².